The van der Waals surface area contributed by atoms with Gasteiger partial charge < -0.3 is 10.2 Å². The van der Waals surface area contributed by atoms with Gasteiger partial charge in [0.1, 0.15) is 9.88 Å². The first-order valence-electron chi connectivity index (χ1n) is 9.20. The summed E-state index contributed by atoms with van der Waals surface area (Å²) in [5.74, 6) is 0.00359. The van der Waals surface area contributed by atoms with Crippen molar-refractivity contribution in [2.24, 2.45) is 0 Å². The van der Waals surface area contributed by atoms with Crippen molar-refractivity contribution in [3.05, 3.63) is 40.9 Å². The van der Waals surface area contributed by atoms with E-state index in [-0.39, 0.29) is 5.91 Å². The molecule has 2 heterocycles. The first-order chi connectivity index (χ1) is 12.1. The van der Waals surface area contributed by atoms with Crippen LogP contribution in [0.2, 0.25) is 0 Å². The molecule has 0 bridgehead atoms. The van der Waals surface area contributed by atoms with Crippen LogP contribution in [0, 0.1) is 6.92 Å². The number of benzene rings is 1. The van der Waals surface area contributed by atoms with Gasteiger partial charge in [0, 0.05) is 24.7 Å². The summed E-state index contributed by atoms with van der Waals surface area (Å²) >= 11 is 1.47. The lowest BCUT2D eigenvalue weighted by Crippen LogP contribution is -2.39. The van der Waals surface area contributed by atoms with Crippen LogP contribution in [0.1, 0.15) is 48.0 Å². The highest BCUT2D eigenvalue weighted by atomic mass is 32.1. The maximum atomic E-state index is 12.5. The minimum Gasteiger partial charge on any atom is -0.351 e. The number of aryl methyl sites for hydroxylation is 1. The second-order valence-electron chi connectivity index (χ2n) is 6.79. The van der Waals surface area contributed by atoms with Crippen molar-refractivity contribution in [1.82, 2.24) is 15.2 Å². The number of likely N-dealkylation sites (tertiary alicyclic amines) is 1. The van der Waals surface area contributed by atoms with E-state index in [9.17, 15) is 4.79 Å². The maximum absolute atomic E-state index is 12.5. The molecular weight excluding hydrogens is 330 g/mol. The topological polar surface area (TPSA) is 45.2 Å². The van der Waals surface area contributed by atoms with E-state index in [0.717, 1.165) is 40.7 Å². The van der Waals surface area contributed by atoms with Crippen LogP contribution >= 0.6 is 11.3 Å². The van der Waals surface area contributed by atoms with E-state index in [1.54, 1.807) is 0 Å². The summed E-state index contributed by atoms with van der Waals surface area (Å²) in [7, 11) is 0. The fourth-order valence-electron chi connectivity index (χ4n) is 3.37. The van der Waals surface area contributed by atoms with Crippen LogP contribution in [0.15, 0.2) is 30.3 Å². The van der Waals surface area contributed by atoms with Crippen molar-refractivity contribution in [2.45, 2.75) is 45.6 Å². The highest BCUT2D eigenvalue weighted by Crippen LogP contribution is 2.27. The zero-order valence-corrected chi connectivity index (χ0v) is 15.9. The molecule has 0 spiro atoms. The van der Waals surface area contributed by atoms with E-state index in [0.29, 0.717) is 6.04 Å². The van der Waals surface area contributed by atoms with Crippen molar-refractivity contribution < 1.29 is 4.79 Å². The van der Waals surface area contributed by atoms with E-state index in [2.05, 4.69) is 22.1 Å². The van der Waals surface area contributed by atoms with E-state index < -0.39 is 0 Å². The number of hydrogen-bond acceptors (Lipinski definition) is 4. The second-order valence-corrected chi connectivity index (χ2v) is 7.79. The minimum atomic E-state index is 0.00359. The normalized spacial score (nSPS) is 18.2. The number of carbonyl (C=O) groups is 1. The Bertz CT molecular complexity index is 698. The van der Waals surface area contributed by atoms with Crippen molar-refractivity contribution in [2.75, 3.05) is 19.6 Å². The van der Waals surface area contributed by atoms with Gasteiger partial charge in [0.05, 0.1) is 5.69 Å². The lowest BCUT2D eigenvalue weighted by atomic mass is 10.0. The van der Waals surface area contributed by atoms with Gasteiger partial charge in [0.25, 0.3) is 5.91 Å². The van der Waals surface area contributed by atoms with Gasteiger partial charge in [-0.15, -0.1) is 11.3 Å². The Morgan fingerprint density at radius 2 is 2.12 bits per heavy atom. The molecule has 1 N–H and O–H groups in total. The van der Waals surface area contributed by atoms with E-state index >= 15 is 0 Å². The first-order valence-corrected chi connectivity index (χ1v) is 10.0. The van der Waals surface area contributed by atoms with Crippen LogP contribution in [0.25, 0.3) is 10.6 Å². The Morgan fingerprint density at radius 1 is 1.32 bits per heavy atom. The Labute approximate surface area is 154 Å². The molecule has 0 radical (unpaired) electrons. The van der Waals surface area contributed by atoms with Crippen LogP contribution in [0.4, 0.5) is 0 Å². The number of nitrogens with zero attached hydrogens (tertiary/aromatic N) is 2. The molecule has 1 fully saturated rings. The summed E-state index contributed by atoms with van der Waals surface area (Å²) in [6.07, 6.45) is 4.95. The largest absolute Gasteiger partial charge is 0.351 e. The van der Waals surface area contributed by atoms with Gasteiger partial charge in [-0.1, -0.05) is 36.8 Å². The number of amides is 1. The third-order valence-corrected chi connectivity index (χ3v) is 6.08. The Balaban J connectivity index is 1.51. The first kappa shape index (κ1) is 18.1. The molecule has 0 aliphatic carbocycles. The molecule has 1 atom stereocenters. The molecule has 1 aliphatic rings. The highest BCUT2D eigenvalue weighted by Gasteiger charge is 2.18. The molecule has 0 saturated carbocycles. The van der Waals surface area contributed by atoms with Crippen LogP contribution in [-0.4, -0.2) is 41.5 Å². The monoisotopic (exact) mass is 357 g/mol. The zero-order valence-electron chi connectivity index (χ0n) is 15.1. The van der Waals surface area contributed by atoms with Crippen molar-refractivity contribution in [1.29, 1.82) is 0 Å². The molecule has 2 aromatic rings. The molecule has 5 heteroatoms. The van der Waals surface area contributed by atoms with E-state index in [1.165, 1.54) is 37.1 Å². The fourth-order valence-corrected chi connectivity index (χ4v) is 4.35. The second kappa shape index (κ2) is 8.59. The van der Waals surface area contributed by atoms with Crippen molar-refractivity contribution in [3.63, 3.8) is 0 Å². The Kier molecular flexibility index (Phi) is 6.21. The van der Waals surface area contributed by atoms with Gasteiger partial charge in [-0.3, -0.25) is 4.79 Å². The minimum absolute atomic E-state index is 0.00359. The molecule has 25 heavy (non-hydrogen) atoms. The molecular formula is C20H27N3OS. The quantitative estimate of drug-likeness (QED) is 0.791. The van der Waals surface area contributed by atoms with Gasteiger partial charge in [0.2, 0.25) is 0 Å². The fraction of sp³-hybridized carbons (Fsp3) is 0.500. The van der Waals surface area contributed by atoms with Crippen molar-refractivity contribution in [3.8, 4) is 10.6 Å². The number of aromatic nitrogens is 1. The predicted molar refractivity (Wildman–Crippen MR) is 104 cm³/mol. The zero-order chi connectivity index (χ0) is 17.6. The molecule has 1 aromatic heterocycles. The molecule has 4 nitrogen and oxygen atoms in total. The lowest BCUT2D eigenvalue weighted by Gasteiger charge is -2.33. The predicted octanol–water partition coefficient (Wildman–Crippen LogP) is 4.11. The van der Waals surface area contributed by atoms with Gasteiger partial charge in [-0.2, -0.15) is 0 Å². The summed E-state index contributed by atoms with van der Waals surface area (Å²) < 4.78 is 0. The third kappa shape index (κ3) is 4.67. The Morgan fingerprint density at radius 3 is 2.88 bits per heavy atom. The van der Waals surface area contributed by atoms with Crippen LogP contribution in [0.5, 0.6) is 0 Å². The lowest BCUT2D eigenvalue weighted by molar-refractivity contribution is 0.0952. The molecule has 3 rings (SSSR count). The maximum Gasteiger partial charge on any atom is 0.263 e. The number of carbonyl (C=O) groups excluding carboxylic acids is 1. The van der Waals surface area contributed by atoms with Crippen LogP contribution in [0.3, 0.4) is 0 Å². The smallest absolute Gasteiger partial charge is 0.263 e. The average molecular weight is 358 g/mol. The highest BCUT2D eigenvalue weighted by molar-refractivity contribution is 7.17. The van der Waals surface area contributed by atoms with E-state index in [4.69, 9.17) is 0 Å². The summed E-state index contributed by atoms with van der Waals surface area (Å²) in [5, 5.41) is 3.97. The molecule has 1 aliphatic heterocycles. The standard InChI is InChI=1S/C20H27N3OS/c1-15-9-6-7-13-23(15)14-8-12-21-19(24)18-16(2)22-20(25-18)17-10-4-3-5-11-17/h3-5,10-11,15H,6-9,12-14H2,1-2H3,(H,21,24). The average Bonchev–Trinajstić information content (AvgIpc) is 3.02. The number of piperidine rings is 1. The molecule has 134 valence electrons. The van der Waals surface area contributed by atoms with Gasteiger partial charge in [0.15, 0.2) is 0 Å². The van der Waals surface area contributed by atoms with Gasteiger partial charge in [-0.25, -0.2) is 4.98 Å². The van der Waals surface area contributed by atoms with Crippen LogP contribution < -0.4 is 5.32 Å². The van der Waals surface area contributed by atoms with Crippen molar-refractivity contribution >= 4 is 17.2 Å². The van der Waals surface area contributed by atoms with Gasteiger partial charge >= 0.3 is 0 Å². The molecule has 1 unspecified atom stereocenters. The third-order valence-electron chi connectivity index (χ3n) is 4.87. The summed E-state index contributed by atoms with van der Waals surface area (Å²) in [6, 6.07) is 10.7. The van der Waals surface area contributed by atoms with E-state index in [1.807, 2.05) is 37.3 Å². The number of rotatable bonds is 6. The molecule has 1 amide bonds. The summed E-state index contributed by atoms with van der Waals surface area (Å²) in [6.45, 7) is 7.21. The number of thiazole rings is 1. The summed E-state index contributed by atoms with van der Waals surface area (Å²) in [5.41, 5.74) is 1.87. The Hall–Kier alpha value is -1.72. The van der Waals surface area contributed by atoms with Crippen LogP contribution in [-0.2, 0) is 0 Å². The van der Waals surface area contributed by atoms with Gasteiger partial charge in [-0.05, 0) is 39.7 Å². The number of hydrogen-bond donors (Lipinski definition) is 1. The number of nitrogens with one attached hydrogen (secondary N) is 1. The molecule has 1 aromatic carbocycles. The summed E-state index contributed by atoms with van der Waals surface area (Å²) in [4.78, 5) is 20.3. The molecule has 1 saturated heterocycles. The SMILES string of the molecule is Cc1nc(-c2ccccc2)sc1C(=O)NCCCN1CCCCC1C.